The van der Waals surface area contributed by atoms with E-state index in [2.05, 4.69) is 31.4 Å². The third kappa shape index (κ3) is 3.47. The standard InChI is InChI=1S/C11H18N2/c1-9(2)6-7-10-4-3-5-11(8-10)13-12/h3-5,8-9,13H,6-7,12H2,1-2H3. The third-order valence-electron chi connectivity index (χ3n) is 2.10. The van der Waals surface area contributed by atoms with Gasteiger partial charge >= 0.3 is 0 Å². The van der Waals surface area contributed by atoms with E-state index in [1.165, 1.54) is 12.0 Å². The van der Waals surface area contributed by atoms with Gasteiger partial charge in [-0.15, -0.1) is 0 Å². The maximum Gasteiger partial charge on any atom is 0.0487 e. The molecule has 0 heterocycles. The van der Waals surface area contributed by atoms with Crippen molar-refractivity contribution in [1.29, 1.82) is 0 Å². The summed E-state index contributed by atoms with van der Waals surface area (Å²) in [6.07, 6.45) is 2.36. The normalized spacial score (nSPS) is 10.5. The predicted octanol–water partition coefficient (Wildman–Crippen LogP) is 2.56. The summed E-state index contributed by atoms with van der Waals surface area (Å²) < 4.78 is 0. The average Bonchev–Trinajstić information content (AvgIpc) is 2.15. The molecule has 0 aliphatic rings. The number of hydrogen-bond acceptors (Lipinski definition) is 2. The van der Waals surface area contributed by atoms with Crippen molar-refractivity contribution < 1.29 is 0 Å². The molecule has 0 aromatic heterocycles. The maximum atomic E-state index is 5.32. The molecule has 0 saturated carbocycles. The van der Waals surface area contributed by atoms with E-state index in [1.807, 2.05) is 12.1 Å². The lowest BCUT2D eigenvalue weighted by Gasteiger charge is -2.06. The summed E-state index contributed by atoms with van der Waals surface area (Å²) in [5.41, 5.74) is 4.99. The third-order valence-corrected chi connectivity index (χ3v) is 2.10. The van der Waals surface area contributed by atoms with Gasteiger partial charge in [0.1, 0.15) is 0 Å². The summed E-state index contributed by atoms with van der Waals surface area (Å²) in [6, 6.07) is 8.25. The fourth-order valence-corrected chi connectivity index (χ4v) is 1.27. The number of hydrogen-bond donors (Lipinski definition) is 2. The summed E-state index contributed by atoms with van der Waals surface area (Å²) in [5, 5.41) is 0. The van der Waals surface area contributed by atoms with Crippen molar-refractivity contribution in [3.8, 4) is 0 Å². The molecule has 13 heavy (non-hydrogen) atoms. The Bertz CT molecular complexity index is 256. The zero-order chi connectivity index (χ0) is 9.68. The van der Waals surface area contributed by atoms with Crippen molar-refractivity contribution >= 4 is 5.69 Å². The van der Waals surface area contributed by atoms with E-state index in [1.54, 1.807) is 0 Å². The van der Waals surface area contributed by atoms with Gasteiger partial charge in [0.15, 0.2) is 0 Å². The van der Waals surface area contributed by atoms with Crippen LogP contribution in [0.15, 0.2) is 24.3 Å². The molecule has 0 unspecified atom stereocenters. The molecule has 0 atom stereocenters. The Hall–Kier alpha value is -1.02. The van der Waals surface area contributed by atoms with Gasteiger partial charge in [-0.25, -0.2) is 0 Å². The molecule has 2 heteroatoms. The first-order valence-corrected chi connectivity index (χ1v) is 4.78. The Labute approximate surface area is 80.1 Å². The molecular formula is C11H18N2. The van der Waals surface area contributed by atoms with E-state index in [9.17, 15) is 0 Å². The van der Waals surface area contributed by atoms with Crippen LogP contribution in [0.2, 0.25) is 0 Å². The first kappa shape index (κ1) is 10.1. The summed E-state index contributed by atoms with van der Waals surface area (Å²) in [7, 11) is 0. The second-order valence-corrected chi connectivity index (χ2v) is 3.78. The van der Waals surface area contributed by atoms with Gasteiger partial charge in [-0.2, -0.15) is 0 Å². The predicted molar refractivity (Wildman–Crippen MR) is 57.4 cm³/mol. The molecule has 1 aromatic rings. The summed E-state index contributed by atoms with van der Waals surface area (Å²) in [4.78, 5) is 0. The van der Waals surface area contributed by atoms with Crippen LogP contribution in [0, 0.1) is 5.92 Å². The summed E-state index contributed by atoms with van der Waals surface area (Å²) in [5.74, 6) is 6.08. The van der Waals surface area contributed by atoms with Gasteiger partial charge in [0.2, 0.25) is 0 Å². The van der Waals surface area contributed by atoms with Crippen LogP contribution in [-0.2, 0) is 6.42 Å². The largest absolute Gasteiger partial charge is 0.324 e. The molecule has 1 rings (SSSR count). The first-order chi connectivity index (χ1) is 6.22. The van der Waals surface area contributed by atoms with E-state index < -0.39 is 0 Å². The lowest BCUT2D eigenvalue weighted by molar-refractivity contribution is 0.587. The zero-order valence-corrected chi connectivity index (χ0v) is 8.38. The van der Waals surface area contributed by atoms with Crippen LogP contribution >= 0.6 is 0 Å². The highest BCUT2D eigenvalue weighted by Crippen LogP contribution is 2.13. The van der Waals surface area contributed by atoms with E-state index in [0.29, 0.717) is 0 Å². The van der Waals surface area contributed by atoms with Crippen LogP contribution < -0.4 is 11.3 Å². The molecule has 2 nitrogen and oxygen atoms in total. The highest BCUT2D eigenvalue weighted by atomic mass is 15.2. The summed E-state index contributed by atoms with van der Waals surface area (Å²) in [6.45, 7) is 4.48. The number of anilines is 1. The molecule has 0 bridgehead atoms. The van der Waals surface area contributed by atoms with Crippen LogP contribution in [0.3, 0.4) is 0 Å². The topological polar surface area (TPSA) is 38.0 Å². The molecule has 0 fully saturated rings. The van der Waals surface area contributed by atoms with Gasteiger partial charge in [-0.1, -0.05) is 26.0 Å². The molecule has 1 aromatic carbocycles. The highest BCUT2D eigenvalue weighted by molar-refractivity contribution is 5.44. The van der Waals surface area contributed by atoms with Gasteiger partial charge in [0.05, 0.1) is 0 Å². The van der Waals surface area contributed by atoms with Gasteiger partial charge < -0.3 is 5.43 Å². The van der Waals surface area contributed by atoms with Crippen molar-refractivity contribution in [1.82, 2.24) is 0 Å². The number of aryl methyl sites for hydroxylation is 1. The number of nitrogens with one attached hydrogen (secondary N) is 1. The first-order valence-electron chi connectivity index (χ1n) is 4.78. The number of hydrazine groups is 1. The van der Waals surface area contributed by atoms with Gasteiger partial charge in [-0.05, 0) is 36.5 Å². The molecular weight excluding hydrogens is 160 g/mol. The van der Waals surface area contributed by atoms with E-state index in [4.69, 9.17) is 5.84 Å². The number of nitrogen functional groups attached to an aromatic ring is 1. The van der Waals surface area contributed by atoms with Gasteiger partial charge in [-0.3, -0.25) is 5.84 Å². The molecule has 3 N–H and O–H groups in total. The second kappa shape index (κ2) is 4.87. The van der Waals surface area contributed by atoms with E-state index >= 15 is 0 Å². The number of benzene rings is 1. The average molecular weight is 178 g/mol. The van der Waals surface area contributed by atoms with Gasteiger partial charge in [0, 0.05) is 5.69 Å². The molecule has 0 radical (unpaired) electrons. The lowest BCUT2D eigenvalue weighted by Crippen LogP contribution is -2.06. The Balaban J connectivity index is 2.56. The van der Waals surface area contributed by atoms with Crippen molar-refractivity contribution in [3.05, 3.63) is 29.8 Å². The van der Waals surface area contributed by atoms with Crippen molar-refractivity contribution in [2.45, 2.75) is 26.7 Å². The lowest BCUT2D eigenvalue weighted by atomic mass is 10.0. The summed E-state index contributed by atoms with van der Waals surface area (Å²) >= 11 is 0. The van der Waals surface area contributed by atoms with E-state index in [0.717, 1.165) is 18.0 Å². The molecule has 0 spiro atoms. The Morgan fingerprint density at radius 1 is 1.38 bits per heavy atom. The van der Waals surface area contributed by atoms with Crippen LogP contribution in [0.5, 0.6) is 0 Å². The van der Waals surface area contributed by atoms with Gasteiger partial charge in [0.25, 0.3) is 0 Å². The molecule has 0 amide bonds. The minimum atomic E-state index is 0.759. The fraction of sp³-hybridized carbons (Fsp3) is 0.455. The Kier molecular flexibility index (Phi) is 3.77. The Morgan fingerprint density at radius 2 is 2.15 bits per heavy atom. The quantitative estimate of drug-likeness (QED) is 0.549. The van der Waals surface area contributed by atoms with Crippen LogP contribution in [0.25, 0.3) is 0 Å². The van der Waals surface area contributed by atoms with Crippen molar-refractivity contribution in [3.63, 3.8) is 0 Å². The number of nitrogens with two attached hydrogens (primary N) is 1. The smallest absolute Gasteiger partial charge is 0.0487 e. The molecule has 0 aliphatic heterocycles. The molecule has 0 saturated heterocycles. The highest BCUT2D eigenvalue weighted by Gasteiger charge is 1.97. The number of rotatable bonds is 4. The fourth-order valence-electron chi connectivity index (χ4n) is 1.27. The zero-order valence-electron chi connectivity index (χ0n) is 8.38. The van der Waals surface area contributed by atoms with E-state index in [-0.39, 0.29) is 0 Å². The Morgan fingerprint density at radius 3 is 2.77 bits per heavy atom. The maximum absolute atomic E-state index is 5.32. The monoisotopic (exact) mass is 178 g/mol. The van der Waals surface area contributed by atoms with Crippen LogP contribution in [0.1, 0.15) is 25.8 Å². The minimum absolute atomic E-state index is 0.759. The molecule has 72 valence electrons. The molecule has 0 aliphatic carbocycles. The van der Waals surface area contributed by atoms with Crippen molar-refractivity contribution in [2.75, 3.05) is 5.43 Å². The second-order valence-electron chi connectivity index (χ2n) is 3.78. The van der Waals surface area contributed by atoms with Crippen molar-refractivity contribution in [2.24, 2.45) is 11.8 Å². The van der Waals surface area contributed by atoms with Crippen LogP contribution in [-0.4, -0.2) is 0 Å². The minimum Gasteiger partial charge on any atom is -0.324 e. The SMILES string of the molecule is CC(C)CCc1cccc(NN)c1. The van der Waals surface area contributed by atoms with Crippen LogP contribution in [0.4, 0.5) is 5.69 Å².